The largest absolute Gasteiger partial charge is 0.494 e. The van der Waals surface area contributed by atoms with Crippen molar-refractivity contribution in [2.24, 2.45) is 11.7 Å². The maximum absolute atomic E-state index is 12.1. The Hall–Kier alpha value is -1.30. The molecule has 2 rings (SSSR count). The van der Waals surface area contributed by atoms with Crippen molar-refractivity contribution in [3.8, 4) is 5.75 Å². The predicted octanol–water partition coefficient (Wildman–Crippen LogP) is 1.79. The molecular weight excluding hydrogens is 314 g/mol. The van der Waals surface area contributed by atoms with E-state index in [0.29, 0.717) is 19.7 Å². The van der Waals surface area contributed by atoms with Crippen molar-refractivity contribution < 1.29 is 9.53 Å². The van der Waals surface area contributed by atoms with Crippen molar-refractivity contribution in [1.82, 2.24) is 10.2 Å². The van der Waals surface area contributed by atoms with E-state index < -0.39 is 0 Å². The van der Waals surface area contributed by atoms with Gasteiger partial charge >= 0.3 is 0 Å². The number of rotatable bonds is 7. The molecule has 1 atom stereocenters. The van der Waals surface area contributed by atoms with Gasteiger partial charge in [-0.15, -0.1) is 12.4 Å². The number of nitrogens with two attached hydrogens (primary N) is 1. The van der Waals surface area contributed by atoms with Crippen LogP contribution in [0.15, 0.2) is 24.3 Å². The number of piperidine rings is 1. The number of likely N-dealkylation sites (tertiary alicyclic amines) is 1. The fraction of sp³-hybridized carbons (Fsp3) is 0.588. The molecule has 0 radical (unpaired) electrons. The molecule has 1 aromatic rings. The second kappa shape index (κ2) is 10.5. The molecule has 0 aliphatic carbocycles. The molecule has 130 valence electrons. The van der Waals surface area contributed by atoms with E-state index in [4.69, 9.17) is 10.5 Å². The zero-order valence-corrected chi connectivity index (χ0v) is 14.6. The first kappa shape index (κ1) is 19.7. The summed E-state index contributed by atoms with van der Waals surface area (Å²) >= 11 is 0. The minimum absolute atomic E-state index is 0. The average Bonchev–Trinajstić information content (AvgIpc) is 2.55. The SMILES string of the molecule is CCOc1ccc(CN2CCCC(C(=O)NCCN)C2)cc1.Cl. The predicted molar refractivity (Wildman–Crippen MR) is 94.9 cm³/mol. The molecule has 0 bridgehead atoms. The number of nitrogens with zero attached hydrogens (tertiary/aromatic N) is 1. The van der Waals surface area contributed by atoms with Crippen LogP contribution in [0.25, 0.3) is 0 Å². The van der Waals surface area contributed by atoms with Crippen molar-refractivity contribution in [2.75, 3.05) is 32.8 Å². The monoisotopic (exact) mass is 341 g/mol. The van der Waals surface area contributed by atoms with Gasteiger partial charge in [0, 0.05) is 26.2 Å². The van der Waals surface area contributed by atoms with E-state index in [0.717, 1.165) is 38.2 Å². The Morgan fingerprint density at radius 2 is 2.13 bits per heavy atom. The van der Waals surface area contributed by atoms with Crippen molar-refractivity contribution in [3.63, 3.8) is 0 Å². The van der Waals surface area contributed by atoms with Gasteiger partial charge in [0.1, 0.15) is 5.75 Å². The third-order valence-corrected chi connectivity index (χ3v) is 3.96. The van der Waals surface area contributed by atoms with Gasteiger partial charge in [0.05, 0.1) is 12.5 Å². The second-order valence-corrected chi connectivity index (χ2v) is 5.73. The highest BCUT2D eigenvalue weighted by atomic mass is 35.5. The van der Waals surface area contributed by atoms with Crippen molar-refractivity contribution >= 4 is 18.3 Å². The normalized spacial score (nSPS) is 18.1. The fourth-order valence-corrected chi connectivity index (χ4v) is 2.87. The topological polar surface area (TPSA) is 67.6 Å². The molecule has 0 saturated carbocycles. The molecular formula is C17H28ClN3O2. The summed E-state index contributed by atoms with van der Waals surface area (Å²) in [5.41, 5.74) is 6.69. The summed E-state index contributed by atoms with van der Waals surface area (Å²) in [4.78, 5) is 14.4. The Kier molecular flexibility index (Phi) is 8.99. The summed E-state index contributed by atoms with van der Waals surface area (Å²) in [7, 11) is 0. The lowest BCUT2D eigenvalue weighted by atomic mass is 9.96. The highest BCUT2D eigenvalue weighted by Gasteiger charge is 2.25. The Balaban J connectivity index is 0.00000264. The third kappa shape index (κ3) is 6.37. The van der Waals surface area contributed by atoms with Gasteiger partial charge in [-0.3, -0.25) is 9.69 Å². The number of benzene rings is 1. The van der Waals surface area contributed by atoms with Crippen LogP contribution in [-0.2, 0) is 11.3 Å². The summed E-state index contributed by atoms with van der Waals surface area (Å²) in [5.74, 6) is 1.13. The van der Waals surface area contributed by atoms with Gasteiger partial charge in [-0.2, -0.15) is 0 Å². The smallest absolute Gasteiger partial charge is 0.224 e. The highest BCUT2D eigenvalue weighted by Crippen LogP contribution is 2.20. The first-order chi connectivity index (χ1) is 10.7. The van der Waals surface area contributed by atoms with E-state index in [-0.39, 0.29) is 24.2 Å². The second-order valence-electron chi connectivity index (χ2n) is 5.73. The van der Waals surface area contributed by atoms with E-state index in [1.165, 1.54) is 5.56 Å². The fourth-order valence-electron chi connectivity index (χ4n) is 2.87. The number of carbonyl (C=O) groups is 1. The first-order valence-electron chi connectivity index (χ1n) is 8.14. The average molecular weight is 342 g/mol. The van der Waals surface area contributed by atoms with Gasteiger partial charge in [-0.25, -0.2) is 0 Å². The minimum Gasteiger partial charge on any atom is -0.494 e. The quantitative estimate of drug-likeness (QED) is 0.793. The summed E-state index contributed by atoms with van der Waals surface area (Å²) in [6, 6.07) is 8.22. The van der Waals surface area contributed by atoms with Crippen LogP contribution in [0, 0.1) is 5.92 Å². The lowest BCUT2D eigenvalue weighted by Gasteiger charge is -2.32. The van der Waals surface area contributed by atoms with Crippen molar-refractivity contribution in [1.29, 1.82) is 0 Å². The molecule has 0 aromatic heterocycles. The standard InChI is InChI=1S/C17H27N3O2.ClH/c1-2-22-16-7-5-14(6-8-16)12-20-11-3-4-15(13-20)17(21)19-10-9-18;/h5-8,15H,2-4,9-13,18H2,1H3,(H,19,21);1H. The summed E-state index contributed by atoms with van der Waals surface area (Å²) in [6.45, 7) is 6.48. The van der Waals surface area contributed by atoms with Gasteiger partial charge in [0.25, 0.3) is 0 Å². The van der Waals surface area contributed by atoms with E-state index in [9.17, 15) is 4.79 Å². The maximum Gasteiger partial charge on any atom is 0.224 e. The number of halogens is 1. The summed E-state index contributed by atoms with van der Waals surface area (Å²) in [5, 5.41) is 2.90. The van der Waals surface area contributed by atoms with Crippen molar-refractivity contribution in [2.45, 2.75) is 26.3 Å². The van der Waals surface area contributed by atoms with Crippen LogP contribution in [0.5, 0.6) is 5.75 Å². The van der Waals surface area contributed by atoms with E-state index in [1.807, 2.05) is 19.1 Å². The van der Waals surface area contributed by atoms with Gasteiger partial charge in [0.15, 0.2) is 0 Å². The molecule has 0 spiro atoms. The van der Waals surface area contributed by atoms with E-state index in [2.05, 4.69) is 22.3 Å². The number of hydrogen-bond acceptors (Lipinski definition) is 4. The number of carbonyl (C=O) groups excluding carboxylic acids is 1. The number of amides is 1. The highest BCUT2D eigenvalue weighted by molar-refractivity contribution is 5.85. The van der Waals surface area contributed by atoms with Crippen LogP contribution in [0.1, 0.15) is 25.3 Å². The molecule has 1 amide bonds. The van der Waals surface area contributed by atoms with Gasteiger partial charge in [0.2, 0.25) is 5.91 Å². The molecule has 1 aliphatic heterocycles. The summed E-state index contributed by atoms with van der Waals surface area (Å²) < 4.78 is 5.46. The molecule has 1 fully saturated rings. The lowest BCUT2D eigenvalue weighted by molar-refractivity contribution is -0.126. The lowest BCUT2D eigenvalue weighted by Crippen LogP contribution is -2.43. The van der Waals surface area contributed by atoms with Gasteiger partial charge < -0.3 is 15.8 Å². The van der Waals surface area contributed by atoms with Crippen LogP contribution in [0.4, 0.5) is 0 Å². The first-order valence-corrected chi connectivity index (χ1v) is 8.14. The van der Waals surface area contributed by atoms with Gasteiger partial charge in [-0.05, 0) is 44.0 Å². The third-order valence-electron chi connectivity index (χ3n) is 3.96. The molecule has 3 N–H and O–H groups in total. The minimum atomic E-state index is 0. The Labute approximate surface area is 145 Å². The molecule has 5 nitrogen and oxygen atoms in total. The van der Waals surface area contributed by atoms with Crippen molar-refractivity contribution in [3.05, 3.63) is 29.8 Å². The number of hydrogen-bond donors (Lipinski definition) is 2. The Morgan fingerprint density at radius 1 is 1.39 bits per heavy atom. The molecule has 1 heterocycles. The maximum atomic E-state index is 12.1. The summed E-state index contributed by atoms with van der Waals surface area (Å²) in [6.07, 6.45) is 2.04. The van der Waals surface area contributed by atoms with Crippen LogP contribution in [0.2, 0.25) is 0 Å². The van der Waals surface area contributed by atoms with E-state index in [1.54, 1.807) is 0 Å². The number of ether oxygens (including phenoxy) is 1. The van der Waals surface area contributed by atoms with Gasteiger partial charge in [-0.1, -0.05) is 12.1 Å². The van der Waals surface area contributed by atoms with Crippen LogP contribution in [-0.4, -0.2) is 43.6 Å². The van der Waals surface area contributed by atoms with E-state index >= 15 is 0 Å². The molecule has 1 aromatic carbocycles. The molecule has 1 aliphatic rings. The molecule has 1 saturated heterocycles. The Morgan fingerprint density at radius 3 is 2.78 bits per heavy atom. The molecule has 6 heteroatoms. The zero-order chi connectivity index (χ0) is 15.8. The van der Waals surface area contributed by atoms with Crippen LogP contribution in [0.3, 0.4) is 0 Å². The molecule has 1 unspecified atom stereocenters. The number of nitrogens with one attached hydrogen (secondary N) is 1. The van der Waals surface area contributed by atoms with Crippen LogP contribution >= 0.6 is 12.4 Å². The Bertz CT molecular complexity index is 467. The molecule has 23 heavy (non-hydrogen) atoms. The van der Waals surface area contributed by atoms with Crippen LogP contribution < -0.4 is 15.8 Å². The zero-order valence-electron chi connectivity index (χ0n) is 13.8.